The molecule has 12 heavy (non-hydrogen) atoms. The zero-order valence-corrected chi connectivity index (χ0v) is 7.87. The Morgan fingerprint density at radius 1 is 1.33 bits per heavy atom. The Bertz CT molecular complexity index is 183. The SMILES string of the molecule is CN(C)CCN(C)C(=O)CC#N. The molecule has 4 heteroatoms. The molecule has 0 spiro atoms. The summed E-state index contributed by atoms with van der Waals surface area (Å²) in [5.74, 6) is -0.112. The van der Waals surface area contributed by atoms with Gasteiger partial charge < -0.3 is 9.80 Å². The molecule has 0 bridgehead atoms. The molecule has 0 aromatic rings. The number of nitriles is 1. The van der Waals surface area contributed by atoms with E-state index in [2.05, 4.69) is 0 Å². The van der Waals surface area contributed by atoms with Gasteiger partial charge >= 0.3 is 0 Å². The fourth-order valence-electron chi connectivity index (χ4n) is 0.677. The lowest BCUT2D eigenvalue weighted by molar-refractivity contribution is -0.128. The van der Waals surface area contributed by atoms with E-state index in [1.54, 1.807) is 11.9 Å². The average molecular weight is 169 g/mol. The maximum atomic E-state index is 11.0. The molecule has 0 N–H and O–H groups in total. The number of amides is 1. The van der Waals surface area contributed by atoms with Crippen molar-refractivity contribution >= 4 is 5.91 Å². The zero-order chi connectivity index (χ0) is 9.56. The first-order chi connectivity index (χ1) is 5.57. The van der Waals surface area contributed by atoms with E-state index >= 15 is 0 Å². The number of likely N-dealkylation sites (N-methyl/N-ethyl adjacent to an activating group) is 2. The van der Waals surface area contributed by atoms with E-state index in [0.717, 1.165) is 6.54 Å². The summed E-state index contributed by atoms with van der Waals surface area (Å²) in [4.78, 5) is 14.6. The van der Waals surface area contributed by atoms with E-state index in [-0.39, 0.29) is 12.3 Å². The van der Waals surface area contributed by atoms with Gasteiger partial charge in [-0.15, -0.1) is 0 Å². The Kier molecular flexibility index (Phi) is 5.06. The smallest absolute Gasteiger partial charge is 0.236 e. The van der Waals surface area contributed by atoms with Crippen LogP contribution >= 0.6 is 0 Å². The predicted molar refractivity (Wildman–Crippen MR) is 46.4 cm³/mol. The molecule has 0 saturated heterocycles. The second-order valence-electron chi connectivity index (χ2n) is 2.95. The summed E-state index contributed by atoms with van der Waals surface area (Å²) in [6.07, 6.45) is -0.0239. The number of hydrogen-bond acceptors (Lipinski definition) is 3. The van der Waals surface area contributed by atoms with Crippen molar-refractivity contribution in [3.8, 4) is 6.07 Å². The highest BCUT2D eigenvalue weighted by Gasteiger charge is 2.06. The number of carbonyl (C=O) groups is 1. The van der Waals surface area contributed by atoms with Gasteiger partial charge in [0.2, 0.25) is 5.91 Å². The molecule has 0 rings (SSSR count). The van der Waals surface area contributed by atoms with E-state index in [1.165, 1.54) is 0 Å². The van der Waals surface area contributed by atoms with Crippen LogP contribution < -0.4 is 0 Å². The molecule has 0 radical (unpaired) electrons. The van der Waals surface area contributed by atoms with Crippen molar-refractivity contribution in [1.82, 2.24) is 9.80 Å². The minimum atomic E-state index is -0.112. The Labute approximate surface area is 73.4 Å². The Balaban J connectivity index is 3.65. The standard InChI is InChI=1S/C8H15N3O/c1-10(2)6-7-11(3)8(12)4-5-9/h4,6-7H2,1-3H3. The molecule has 0 aliphatic heterocycles. The van der Waals surface area contributed by atoms with Gasteiger partial charge in [-0.2, -0.15) is 5.26 Å². The van der Waals surface area contributed by atoms with Gasteiger partial charge in [0.15, 0.2) is 0 Å². The third-order valence-electron chi connectivity index (χ3n) is 1.54. The van der Waals surface area contributed by atoms with E-state index in [9.17, 15) is 4.79 Å². The molecule has 0 aromatic heterocycles. The lowest BCUT2D eigenvalue weighted by Gasteiger charge is -2.18. The maximum Gasteiger partial charge on any atom is 0.236 e. The lowest BCUT2D eigenvalue weighted by atomic mass is 10.4. The molecule has 0 atom stereocenters. The van der Waals surface area contributed by atoms with Crippen molar-refractivity contribution in [2.75, 3.05) is 34.2 Å². The second kappa shape index (κ2) is 5.56. The Morgan fingerprint density at radius 3 is 2.33 bits per heavy atom. The third-order valence-corrected chi connectivity index (χ3v) is 1.54. The van der Waals surface area contributed by atoms with Gasteiger partial charge in [-0.25, -0.2) is 0 Å². The molecule has 0 unspecified atom stereocenters. The largest absolute Gasteiger partial charge is 0.344 e. The summed E-state index contributed by atoms with van der Waals surface area (Å²) in [5.41, 5.74) is 0. The molecule has 0 aliphatic carbocycles. The molecule has 68 valence electrons. The van der Waals surface area contributed by atoms with Crippen LogP contribution in [0.2, 0.25) is 0 Å². The monoisotopic (exact) mass is 169 g/mol. The number of carbonyl (C=O) groups excluding carboxylic acids is 1. The normalized spacial score (nSPS) is 9.58. The number of rotatable bonds is 4. The van der Waals surface area contributed by atoms with Crippen LogP contribution in [-0.2, 0) is 4.79 Å². The summed E-state index contributed by atoms with van der Waals surface area (Å²) in [6.45, 7) is 1.50. The van der Waals surface area contributed by atoms with Gasteiger partial charge in [-0.1, -0.05) is 0 Å². The van der Waals surface area contributed by atoms with Gasteiger partial charge in [0, 0.05) is 20.1 Å². The molecule has 0 aromatic carbocycles. The molecule has 0 fully saturated rings. The molecule has 1 amide bonds. The van der Waals surface area contributed by atoms with Crippen LogP contribution in [0.15, 0.2) is 0 Å². The van der Waals surface area contributed by atoms with E-state index < -0.39 is 0 Å². The minimum absolute atomic E-state index is 0.0239. The molecular weight excluding hydrogens is 154 g/mol. The molecule has 0 aliphatic rings. The van der Waals surface area contributed by atoms with Crippen molar-refractivity contribution in [2.45, 2.75) is 6.42 Å². The van der Waals surface area contributed by atoms with Crippen molar-refractivity contribution in [3.05, 3.63) is 0 Å². The Morgan fingerprint density at radius 2 is 1.92 bits per heavy atom. The summed E-state index contributed by atoms with van der Waals surface area (Å²) in [7, 11) is 5.61. The quantitative estimate of drug-likeness (QED) is 0.591. The van der Waals surface area contributed by atoms with Gasteiger partial charge in [0.1, 0.15) is 6.42 Å². The summed E-state index contributed by atoms with van der Waals surface area (Å²) in [6, 6.07) is 1.83. The first kappa shape index (κ1) is 10.9. The van der Waals surface area contributed by atoms with E-state index in [0.29, 0.717) is 6.54 Å². The van der Waals surface area contributed by atoms with Crippen LogP contribution in [0.25, 0.3) is 0 Å². The van der Waals surface area contributed by atoms with E-state index in [4.69, 9.17) is 5.26 Å². The van der Waals surface area contributed by atoms with Crippen LogP contribution in [0.5, 0.6) is 0 Å². The average Bonchev–Trinajstić information content (AvgIpc) is 2.00. The van der Waals surface area contributed by atoms with Crippen molar-refractivity contribution in [2.24, 2.45) is 0 Å². The van der Waals surface area contributed by atoms with Crippen molar-refractivity contribution < 1.29 is 4.79 Å². The van der Waals surface area contributed by atoms with Crippen LogP contribution in [0.3, 0.4) is 0 Å². The maximum absolute atomic E-state index is 11.0. The molecule has 0 saturated carbocycles. The van der Waals surface area contributed by atoms with Gasteiger partial charge in [0.05, 0.1) is 6.07 Å². The van der Waals surface area contributed by atoms with Crippen LogP contribution in [-0.4, -0.2) is 49.9 Å². The van der Waals surface area contributed by atoms with E-state index in [1.807, 2.05) is 25.1 Å². The van der Waals surface area contributed by atoms with Crippen LogP contribution in [0.4, 0.5) is 0 Å². The second-order valence-corrected chi connectivity index (χ2v) is 2.95. The van der Waals surface area contributed by atoms with Crippen molar-refractivity contribution in [1.29, 1.82) is 5.26 Å². The number of hydrogen-bond donors (Lipinski definition) is 0. The highest BCUT2D eigenvalue weighted by molar-refractivity contribution is 5.77. The highest BCUT2D eigenvalue weighted by Crippen LogP contribution is 1.89. The topological polar surface area (TPSA) is 47.3 Å². The van der Waals surface area contributed by atoms with Gasteiger partial charge in [-0.05, 0) is 14.1 Å². The van der Waals surface area contributed by atoms with Crippen LogP contribution in [0.1, 0.15) is 6.42 Å². The first-order valence-corrected chi connectivity index (χ1v) is 3.83. The zero-order valence-electron chi connectivity index (χ0n) is 7.87. The van der Waals surface area contributed by atoms with Crippen molar-refractivity contribution in [3.63, 3.8) is 0 Å². The van der Waals surface area contributed by atoms with Gasteiger partial charge in [0.25, 0.3) is 0 Å². The lowest BCUT2D eigenvalue weighted by Crippen LogP contribution is -2.33. The molecular formula is C8H15N3O. The Hall–Kier alpha value is -1.08. The fraction of sp³-hybridized carbons (Fsp3) is 0.750. The van der Waals surface area contributed by atoms with Gasteiger partial charge in [-0.3, -0.25) is 4.79 Å². The first-order valence-electron chi connectivity index (χ1n) is 3.83. The predicted octanol–water partition coefficient (Wildman–Crippen LogP) is -0.0799. The fourth-order valence-corrected chi connectivity index (χ4v) is 0.677. The molecule has 0 heterocycles. The molecule has 4 nitrogen and oxygen atoms in total. The summed E-state index contributed by atoms with van der Waals surface area (Å²) >= 11 is 0. The van der Waals surface area contributed by atoms with Crippen LogP contribution in [0, 0.1) is 11.3 Å². The number of nitrogens with zero attached hydrogens (tertiary/aromatic N) is 3. The highest BCUT2D eigenvalue weighted by atomic mass is 16.2. The third kappa shape index (κ3) is 4.69. The summed E-state index contributed by atoms with van der Waals surface area (Å²) < 4.78 is 0. The summed E-state index contributed by atoms with van der Waals surface area (Å²) in [5, 5.41) is 8.26. The minimum Gasteiger partial charge on any atom is -0.344 e.